The molecule has 0 saturated heterocycles. The Morgan fingerprint density at radius 2 is 1.27 bits per heavy atom. The average molecular weight is 384 g/mol. The van der Waals surface area contributed by atoms with Crippen molar-refractivity contribution < 1.29 is 4.79 Å². The number of hydrogen-bond acceptors (Lipinski definition) is 2. The van der Waals surface area contributed by atoms with Gasteiger partial charge in [0, 0.05) is 26.9 Å². The second-order valence-electron chi connectivity index (χ2n) is 5.41. The van der Waals surface area contributed by atoms with Gasteiger partial charge in [0.2, 0.25) is 0 Å². The largest absolute Gasteiger partial charge is 0.339 e. The van der Waals surface area contributed by atoms with Crippen LogP contribution in [0.1, 0.15) is 11.1 Å². The van der Waals surface area contributed by atoms with E-state index in [0.717, 1.165) is 11.1 Å². The zero-order valence-electron chi connectivity index (χ0n) is 13.6. The summed E-state index contributed by atoms with van der Waals surface area (Å²) in [6.45, 7) is 0. The van der Waals surface area contributed by atoms with Gasteiger partial charge in [0.25, 0.3) is 0 Å². The number of hydrogen-bond donors (Lipinski definition) is 2. The van der Waals surface area contributed by atoms with E-state index in [1.807, 2.05) is 42.5 Å². The maximum atomic E-state index is 12.1. The standard InChI is InChI=1S/C20H15Cl2N3O/c21-16-8-6-15(7-9-16)19(14-4-2-1-3-5-14)24-25-20(26)23-18-12-10-17(22)11-13-18/h1-13H,(H2,23,25,26)/b24-19-. The summed E-state index contributed by atoms with van der Waals surface area (Å²) in [5.41, 5.74) is 5.50. The van der Waals surface area contributed by atoms with Crippen molar-refractivity contribution in [2.24, 2.45) is 5.10 Å². The monoisotopic (exact) mass is 383 g/mol. The van der Waals surface area contributed by atoms with Crippen molar-refractivity contribution >= 4 is 40.6 Å². The number of halogens is 2. The first-order valence-electron chi connectivity index (χ1n) is 7.83. The van der Waals surface area contributed by atoms with Crippen LogP contribution in [0.3, 0.4) is 0 Å². The molecule has 3 aromatic rings. The van der Waals surface area contributed by atoms with Crippen LogP contribution < -0.4 is 10.7 Å². The second kappa shape index (κ2) is 8.52. The highest BCUT2D eigenvalue weighted by atomic mass is 35.5. The van der Waals surface area contributed by atoms with Gasteiger partial charge in [0.05, 0.1) is 5.71 Å². The Kier molecular flexibility index (Phi) is 5.89. The van der Waals surface area contributed by atoms with Gasteiger partial charge in [0.15, 0.2) is 0 Å². The molecule has 0 fully saturated rings. The lowest BCUT2D eigenvalue weighted by atomic mass is 10.0. The third-order valence-corrected chi connectivity index (χ3v) is 4.04. The van der Waals surface area contributed by atoms with Crippen molar-refractivity contribution in [2.75, 3.05) is 5.32 Å². The Labute approximate surface area is 161 Å². The minimum absolute atomic E-state index is 0.449. The predicted molar refractivity (Wildman–Crippen MR) is 107 cm³/mol. The van der Waals surface area contributed by atoms with Gasteiger partial charge in [-0.1, -0.05) is 65.7 Å². The van der Waals surface area contributed by atoms with E-state index in [2.05, 4.69) is 15.8 Å². The fraction of sp³-hybridized carbons (Fsp3) is 0. The van der Waals surface area contributed by atoms with Crippen molar-refractivity contribution in [1.29, 1.82) is 0 Å². The first-order chi connectivity index (χ1) is 12.6. The molecule has 0 unspecified atom stereocenters. The summed E-state index contributed by atoms with van der Waals surface area (Å²) < 4.78 is 0. The molecule has 0 bridgehead atoms. The summed E-state index contributed by atoms with van der Waals surface area (Å²) in [4.78, 5) is 12.1. The van der Waals surface area contributed by atoms with Gasteiger partial charge < -0.3 is 5.32 Å². The van der Waals surface area contributed by atoms with E-state index < -0.39 is 6.03 Å². The predicted octanol–water partition coefficient (Wildman–Crippen LogP) is 5.57. The van der Waals surface area contributed by atoms with Crippen LogP contribution in [-0.4, -0.2) is 11.7 Å². The van der Waals surface area contributed by atoms with Gasteiger partial charge in [-0.25, -0.2) is 10.2 Å². The smallest absolute Gasteiger partial charge is 0.307 e. The second-order valence-corrected chi connectivity index (χ2v) is 6.28. The van der Waals surface area contributed by atoms with Gasteiger partial charge in [0.1, 0.15) is 0 Å². The molecule has 0 heterocycles. The number of carbonyl (C=O) groups excluding carboxylic acids is 1. The molecule has 3 aromatic carbocycles. The number of amides is 2. The molecule has 0 aliphatic heterocycles. The Morgan fingerprint density at radius 3 is 1.88 bits per heavy atom. The van der Waals surface area contributed by atoms with Crippen LogP contribution in [-0.2, 0) is 0 Å². The van der Waals surface area contributed by atoms with E-state index in [9.17, 15) is 4.79 Å². The topological polar surface area (TPSA) is 53.5 Å². The molecule has 0 aliphatic rings. The highest BCUT2D eigenvalue weighted by molar-refractivity contribution is 6.31. The molecule has 2 amide bonds. The molecule has 0 atom stereocenters. The van der Waals surface area contributed by atoms with Crippen molar-refractivity contribution in [2.45, 2.75) is 0 Å². The fourth-order valence-electron chi connectivity index (χ4n) is 2.30. The molecule has 26 heavy (non-hydrogen) atoms. The highest BCUT2D eigenvalue weighted by Crippen LogP contribution is 2.15. The van der Waals surface area contributed by atoms with Crippen LogP contribution in [0.5, 0.6) is 0 Å². The van der Waals surface area contributed by atoms with Crippen LogP contribution in [0.4, 0.5) is 10.5 Å². The molecule has 0 saturated carbocycles. The minimum Gasteiger partial charge on any atom is -0.307 e. The van der Waals surface area contributed by atoms with Crippen molar-refractivity contribution in [3.63, 3.8) is 0 Å². The average Bonchev–Trinajstić information content (AvgIpc) is 2.66. The maximum absolute atomic E-state index is 12.1. The quantitative estimate of drug-likeness (QED) is 0.449. The van der Waals surface area contributed by atoms with Gasteiger partial charge >= 0.3 is 6.03 Å². The maximum Gasteiger partial charge on any atom is 0.339 e. The summed E-state index contributed by atoms with van der Waals surface area (Å²) in [6, 6.07) is 23.2. The Hall–Kier alpha value is -2.82. The number of nitrogens with zero attached hydrogens (tertiary/aromatic N) is 1. The van der Waals surface area contributed by atoms with E-state index in [4.69, 9.17) is 23.2 Å². The molecule has 6 heteroatoms. The number of carbonyl (C=O) groups is 1. The van der Waals surface area contributed by atoms with E-state index >= 15 is 0 Å². The summed E-state index contributed by atoms with van der Waals surface area (Å²) in [5, 5.41) is 8.23. The number of rotatable bonds is 4. The van der Waals surface area contributed by atoms with Crippen LogP contribution in [0.15, 0.2) is 84.0 Å². The van der Waals surface area contributed by atoms with E-state index in [0.29, 0.717) is 21.4 Å². The first-order valence-corrected chi connectivity index (χ1v) is 8.59. The van der Waals surface area contributed by atoms with Gasteiger partial charge in [-0.05, 0) is 36.4 Å². The zero-order valence-corrected chi connectivity index (χ0v) is 15.1. The third-order valence-electron chi connectivity index (χ3n) is 3.54. The minimum atomic E-state index is -0.449. The Bertz CT molecular complexity index is 908. The van der Waals surface area contributed by atoms with E-state index in [-0.39, 0.29) is 0 Å². The van der Waals surface area contributed by atoms with Gasteiger partial charge in [-0.2, -0.15) is 5.10 Å². The lowest BCUT2D eigenvalue weighted by Crippen LogP contribution is -2.26. The summed E-state index contributed by atoms with van der Waals surface area (Å²) in [7, 11) is 0. The zero-order chi connectivity index (χ0) is 18.4. The molecule has 0 aromatic heterocycles. The molecule has 3 rings (SSSR count). The molecular formula is C20H15Cl2N3O. The Balaban J connectivity index is 1.81. The normalized spacial score (nSPS) is 11.1. The Morgan fingerprint density at radius 1 is 0.731 bits per heavy atom. The molecule has 130 valence electrons. The van der Waals surface area contributed by atoms with Crippen molar-refractivity contribution in [3.8, 4) is 0 Å². The van der Waals surface area contributed by atoms with Crippen LogP contribution in [0.25, 0.3) is 0 Å². The molecule has 0 radical (unpaired) electrons. The molecular weight excluding hydrogens is 369 g/mol. The van der Waals surface area contributed by atoms with E-state index in [1.165, 1.54) is 0 Å². The fourth-order valence-corrected chi connectivity index (χ4v) is 2.55. The lowest BCUT2D eigenvalue weighted by molar-refractivity contribution is 0.252. The lowest BCUT2D eigenvalue weighted by Gasteiger charge is -2.09. The van der Waals surface area contributed by atoms with E-state index in [1.54, 1.807) is 36.4 Å². The number of urea groups is 1. The summed E-state index contributed by atoms with van der Waals surface area (Å²) in [5.74, 6) is 0. The van der Waals surface area contributed by atoms with Crippen molar-refractivity contribution in [1.82, 2.24) is 5.43 Å². The summed E-state index contributed by atoms with van der Waals surface area (Å²) in [6.07, 6.45) is 0. The van der Waals surface area contributed by atoms with Gasteiger partial charge in [-0.3, -0.25) is 0 Å². The van der Waals surface area contributed by atoms with Crippen molar-refractivity contribution in [3.05, 3.63) is 100 Å². The molecule has 0 spiro atoms. The van der Waals surface area contributed by atoms with Crippen LogP contribution in [0.2, 0.25) is 10.0 Å². The number of benzene rings is 3. The van der Waals surface area contributed by atoms with Crippen LogP contribution in [0, 0.1) is 0 Å². The third kappa shape index (κ3) is 4.85. The number of anilines is 1. The highest BCUT2D eigenvalue weighted by Gasteiger charge is 2.08. The molecule has 4 nitrogen and oxygen atoms in total. The van der Waals surface area contributed by atoms with Crippen LogP contribution >= 0.6 is 23.2 Å². The summed E-state index contributed by atoms with van der Waals surface area (Å²) >= 11 is 11.8. The first kappa shape index (κ1) is 18.0. The number of nitrogens with one attached hydrogen (secondary N) is 2. The molecule has 0 aliphatic carbocycles. The number of hydrazone groups is 1. The molecule has 2 N–H and O–H groups in total. The van der Waals surface area contributed by atoms with Gasteiger partial charge in [-0.15, -0.1) is 0 Å². The SMILES string of the molecule is O=C(N/N=C(/c1ccccc1)c1ccc(Cl)cc1)Nc1ccc(Cl)cc1.